The lowest BCUT2D eigenvalue weighted by Gasteiger charge is -2.18. The van der Waals surface area contributed by atoms with Crippen molar-refractivity contribution in [1.29, 1.82) is 0 Å². The molecule has 2 aromatic rings. The first-order chi connectivity index (χ1) is 12.5. The van der Waals surface area contributed by atoms with Gasteiger partial charge in [0.05, 0.1) is 16.5 Å². The van der Waals surface area contributed by atoms with Crippen LogP contribution in [0.25, 0.3) is 10.2 Å². The van der Waals surface area contributed by atoms with Crippen LogP contribution in [0.1, 0.15) is 50.6 Å². The Kier molecular flexibility index (Phi) is 4.75. The third-order valence-corrected chi connectivity index (χ3v) is 5.83. The topological polar surface area (TPSA) is 94.7 Å². The molecule has 1 saturated carbocycles. The maximum absolute atomic E-state index is 12.9. The molecule has 2 aromatic heterocycles. The van der Waals surface area contributed by atoms with Gasteiger partial charge in [0.1, 0.15) is 10.4 Å². The van der Waals surface area contributed by atoms with Gasteiger partial charge in [-0.2, -0.15) is 5.10 Å². The number of nitrogens with zero attached hydrogens (tertiary/aromatic N) is 3. The van der Waals surface area contributed by atoms with Crippen molar-refractivity contribution in [3.05, 3.63) is 31.3 Å². The maximum Gasteiger partial charge on any atom is 0.428 e. The number of hydrazone groups is 1. The average Bonchev–Trinajstić information content (AvgIpc) is 3.15. The van der Waals surface area contributed by atoms with Crippen LogP contribution >= 0.6 is 11.3 Å². The van der Waals surface area contributed by atoms with Gasteiger partial charge in [0.15, 0.2) is 0 Å². The summed E-state index contributed by atoms with van der Waals surface area (Å²) in [5.41, 5.74) is 1.89. The first-order valence-electron chi connectivity index (χ1n) is 8.78. The summed E-state index contributed by atoms with van der Waals surface area (Å²) >= 11 is 1.29. The van der Waals surface area contributed by atoms with Crippen LogP contribution in [0.15, 0.2) is 14.7 Å². The number of aromatic nitrogens is 2. The Labute approximate surface area is 160 Å². The van der Waals surface area contributed by atoms with Gasteiger partial charge in [0.2, 0.25) is 0 Å². The molecule has 3 rings (SSSR count). The van der Waals surface area contributed by atoms with Crippen LogP contribution < -0.4 is 16.7 Å². The van der Waals surface area contributed by atoms with Crippen LogP contribution in [0, 0.1) is 12.8 Å². The first kappa shape index (κ1) is 19.3. The van der Waals surface area contributed by atoms with E-state index in [1.165, 1.54) is 26.7 Å². The van der Waals surface area contributed by atoms with E-state index in [2.05, 4.69) is 10.5 Å². The number of fused-ring (bicyclic) bond motifs is 1. The molecule has 2 atom stereocenters. The molecule has 1 N–H and O–H groups in total. The van der Waals surface area contributed by atoms with Crippen LogP contribution in [0.4, 0.5) is 4.79 Å². The number of carbonyl (C=O) groups is 1. The number of rotatable bonds is 3. The molecule has 1 fully saturated rings. The van der Waals surface area contributed by atoms with Gasteiger partial charge in [-0.1, -0.05) is 6.92 Å². The number of ether oxygens (including phenoxy) is 1. The van der Waals surface area contributed by atoms with Crippen LogP contribution in [0.2, 0.25) is 0 Å². The molecule has 0 aromatic carbocycles. The van der Waals surface area contributed by atoms with E-state index >= 15 is 0 Å². The minimum absolute atomic E-state index is 0.0224. The van der Waals surface area contributed by atoms with Gasteiger partial charge in [-0.05, 0) is 45.6 Å². The van der Waals surface area contributed by atoms with E-state index in [0.717, 1.165) is 12.0 Å². The Bertz CT molecular complexity index is 1050. The van der Waals surface area contributed by atoms with Gasteiger partial charge in [0.25, 0.3) is 5.56 Å². The zero-order valence-electron chi connectivity index (χ0n) is 16.3. The highest BCUT2D eigenvalue weighted by Gasteiger charge is 2.37. The molecule has 0 radical (unpaired) electrons. The lowest BCUT2D eigenvalue weighted by Crippen LogP contribution is -2.38. The summed E-state index contributed by atoms with van der Waals surface area (Å²) in [6, 6.07) is -0.0224. The van der Waals surface area contributed by atoms with Crippen LogP contribution in [0.3, 0.4) is 0 Å². The van der Waals surface area contributed by atoms with Crippen LogP contribution in [0.5, 0.6) is 0 Å². The number of amides is 1. The summed E-state index contributed by atoms with van der Waals surface area (Å²) in [7, 11) is 1.67. The first-order valence-corrected chi connectivity index (χ1v) is 9.59. The Morgan fingerprint density at radius 3 is 2.56 bits per heavy atom. The van der Waals surface area contributed by atoms with Gasteiger partial charge in [-0.15, -0.1) is 11.3 Å². The van der Waals surface area contributed by atoms with E-state index in [0.29, 0.717) is 21.0 Å². The lowest BCUT2D eigenvalue weighted by molar-refractivity contribution is 0.0529. The molecule has 9 heteroatoms. The van der Waals surface area contributed by atoms with Crippen molar-refractivity contribution in [2.45, 2.75) is 52.7 Å². The second-order valence-electron chi connectivity index (χ2n) is 7.94. The third kappa shape index (κ3) is 3.69. The Hall–Kier alpha value is -2.42. The highest BCUT2D eigenvalue weighted by molar-refractivity contribution is 7.20. The fourth-order valence-electron chi connectivity index (χ4n) is 2.98. The molecule has 0 saturated heterocycles. The summed E-state index contributed by atoms with van der Waals surface area (Å²) in [5, 5.41) is 4.44. The minimum atomic E-state index is -0.657. The third-order valence-electron chi connectivity index (χ3n) is 4.53. The maximum atomic E-state index is 12.9. The van der Waals surface area contributed by atoms with Crippen molar-refractivity contribution in [2.24, 2.45) is 18.1 Å². The lowest BCUT2D eigenvalue weighted by atomic mass is 10.2. The van der Waals surface area contributed by atoms with Gasteiger partial charge >= 0.3 is 11.8 Å². The van der Waals surface area contributed by atoms with Gasteiger partial charge in [-0.25, -0.2) is 15.0 Å². The molecule has 27 heavy (non-hydrogen) atoms. The quantitative estimate of drug-likeness (QED) is 0.641. The Morgan fingerprint density at radius 2 is 2.00 bits per heavy atom. The van der Waals surface area contributed by atoms with E-state index in [4.69, 9.17) is 4.74 Å². The molecule has 0 bridgehead atoms. The number of carbonyl (C=O) groups excluding carboxylic acids is 1. The molecule has 0 unspecified atom stereocenters. The predicted octanol–water partition coefficient (Wildman–Crippen LogP) is 2.51. The predicted molar refractivity (Wildman–Crippen MR) is 106 cm³/mol. The summed E-state index contributed by atoms with van der Waals surface area (Å²) in [5.74, 6) is 0.339. The van der Waals surface area contributed by atoms with Crippen molar-refractivity contribution >= 4 is 33.9 Å². The Morgan fingerprint density at radius 1 is 1.37 bits per heavy atom. The molecule has 0 aliphatic heterocycles. The number of hydrogen-bond donors (Lipinski definition) is 1. The second kappa shape index (κ2) is 6.63. The summed E-state index contributed by atoms with van der Waals surface area (Å²) < 4.78 is 8.00. The minimum Gasteiger partial charge on any atom is -0.443 e. The SMILES string of the molecule is Cc1c(C=NNC(=O)OC(C)(C)C)sc2c1c(=O)n([C@H]1C[C@@H]1C)c(=O)n2C. The zero-order valence-corrected chi connectivity index (χ0v) is 17.1. The molecule has 1 amide bonds. The molecule has 1 aliphatic rings. The molecule has 0 spiro atoms. The monoisotopic (exact) mass is 392 g/mol. The van der Waals surface area contributed by atoms with E-state index in [1.807, 2.05) is 13.8 Å². The molecular weight excluding hydrogens is 368 g/mol. The Balaban J connectivity index is 1.96. The van der Waals surface area contributed by atoms with E-state index < -0.39 is 11.7 Å². The molecule has 2 heterocycles. The summed E-state index contributed by atoms with van der Waals surface area (Å²) in [6.07, 6.45) is 1.66. The normalized spacial score (nSPS) is 19.6. The largest absolute Gasteiger partial charge is 0.443 e. The number of thiophene rings is 1. The molecule has 146 valence electrons. The fourth-order valence-corrected chi connectivity index (χ4v) is 4.11. The van der Waals surface area contributed by atoms with Crippen molar-refractivity contribution in [1.82, 2.24) is 14.6 Å². The van der Waals surface area contributed by atoms with Gasteiger partial charge in [0, 0.05) is 13.1 Å². The van der Waals surface area contributed by atoms with Gasteiger partial charge < -0.3 is 4.74 Å². The van der Waals surface area contributed by atoms with Crippen molar-refractivity contribution < 1.29 is 9.53 Å². The number of aryl methyl sites for hydroxylation is 2. The molecule has 1 aliphatic carbocycles. The number of hydrogen-bond acceptors (Lipinski definition) is 6. The van der Waals surface area contributed by atoms with E-state index in [9.17, 15) is 14.4 Å². The highest BCUT2D eigenvalue weighted by Crippen LogP contribution is 2.41. The number of nitrogens with one attached hydrogen (secondary N) is 1. The van der Waals surface area contributed by atoms with Crippen molar-refractivity contribution in [2.75, 3.05) is 0 Å². The summed E-state index contributed by atoms with van der Waals surface area (Å²) in [4.78, 5) is 38.5. The molecule has 8 nitrogen and oxygen atoms in total. The van der Waals surface area contributed by atoms with Gasteiger partial charge in [-0.3, -0.25) is 13.9 Å². The summed E-state index contributed by atoms with van der Waals surface area (Å²) in [6.45, 7) is 9.14. The average molecular weight is 392 g/mol. The smallest absolute Gasteiger partial charge is 0.428 e. The standard InChI is InChI=1S/C18H24N4O4S/c1-9-7-11(9)22-14(23)13-10(2)12(27-15(13)21(6)17(22)25)8-19-20-16(24)26-18(3,4)5/h8-9,11H,7H2,1-6H3,(H,20,24)/t9-,11-/m0/s1. The van der Waals surface area contributed by atoms with Crippen molar-refractivity contribution in [3.63, 3.8) is 0 Å². The van der Waals surface area contributed by atoms with Crippen LogP contribution in [-0.2, 0) is 11.8 Å². The fraction of sp³-hybridized carbons (Fsp3) is 0.556. The van der Waals surface area contributed by atoms with Crippen molar-refractivity contribution in [3.8, 4) is 0 Å². The zero-order chi connectivity index (χ0) is 20.1. The second-order valence-corrected chi connectivity index (χ2v) is 8.97. The van der Waals surface area contributed by atoms with E-state index in [-0.39, 0.29) is 17.3 Å². The molecular formula is C18H24N4O4S. The van der Waals surface area contributed by atoms with E-state index in [1.54, 1.807) is 27.8 Å². The van der Waals surface area contributed by atoms with Crippen LogP contribution in [-0.4, -0.2) is 27.0 Å². The highest BCUT2D eigenvalue weighted by atomic mass is 32.1.